The minimum Gasteiger partial charge on any atom is -0.236 e. The van der Waals surface area contributed by atoms with Crippen molar-refractivity contribution in [3.8, 4) is 0 Å². The van der Waals surface area contributed by atoms with Gasteiger partial charge in [0, 0.05) is 8.59 Å². The fraction of sp³-hybridized carbons (Fsp3) is 0. The Labute approximate surface area is 82.1 Å². The molecule has 0 aliphatic rings. The minimum absolute atomic E-state index is 0.157. The van der Waals surface area contributed by atoms with Crippen molar-refractivity contribution in [3.63, 3.8) is 0 Å². The summed E-state index contributed by atoms with van der Waals surface area (Å²) < 4.78 is 13.2. The number of halogens is 3. The molecular formula is C7H2ClFIN. The average Bonchev–Trinajstić information content (AvgIpc) is 1.97. The summed E-state index contributed by atoms with van der Waals surface area (Å²) in [6.07, 6.45) is 0. The molecular weight excluding hydrogens is 279 g/mol. The number of rotatable bonds is 0. The highest BCUT2D eigenvalue weighted by Gasteiger charge is 2.05. The first-order chi connectivity index (χ1) is 5.15. The lowest BCUT2D eigenvalue weighted by atomic mass is 10.3. The van der Waals surface area contributed by atoms with E-state index in [0.29, 0.717) is 8.59 Å². The van der Waals surface area contributed by atoms with Gasteiger partial charge in [0.1, 0.15) is 5.82 Å². The van der Waals surface area contributed by atoms with Crippen LogP contribution in [0.25, 0.3) is 4.85 Å². The second kappa shape index (κ2) is 3.37. The van der Waals surface area contributed by atoms with Gasteiger partial charge in [-0.05, 0) is 34.7 Å². The molecule has 0 aromatic heterocycles. The summed E-state index contributed by atoms with van der Waals surface area (Å²) in [6, 6.07) is 2.57. The van der Waals surface area contributed by atoms with Crippen molar-refractivity contribution >= 4 is 39.9 Å². The van der Waals surface area contributed by atoms with E-state index < -0.39 is 5.82 Å². The lowest BCUT2D eigenvalue weighted by Crippen LogP contribution is -1.79. The van der Waals surface area contributed by atoms with Gasteiger partial charge >= 0.3 is 0 Å². The van der Waals surface area contributed by atoms with Gasteiger partial charge in [-0.1, -0.05) is 11.6 Å². The normalized spacial score (nSPS) is 9.27. The highest BCUT2D eigenvalue weighted by atomic mass is 127. The summed E-state index contributed by atoms with van der Waals surface area (Å²) in [5, 5.41) is 0.297. The Morgan fingerprint density at radius 1 is 1.55 bits per heavy atom. The average molecular weight is 281 g/mol. The fourth-order valence-electron chi connectivity index (χ4n) is 0.598. The quantitative estimate of drug-likeness (QED) is 0.388. The second-order valence-corrected chi connectivity index (χ2v) is 3.40. The van der Waals surface area contributed by atoms with E-state index >= 15 is 0 Å². The molecule has 11 heavy (non-hydrogen) atoms. The zero-order valence-corrected chi connectivity index (χ0v) is 8.15. The fourth-order valence-corrected chi connectivity index (χ4v) is 1.45. The predicted octanol–water partition coefficient (Wildman–Crippen LogP) is 3.63. The number of nitrogens with zero attached hydrogens (tertiary/aromatic N) is 1. The Kier molecular flexibility index (Phi) is 2.68. The summed E-state index contributed by atoms with van der Waals surface area (Å²) in [6.45, 7) is 6.62. The van der Waals surface area contributed by atoms with Gasteiger partial charge in [0.25, 0.3) is 0 Å². The van der Waals surface area contributed by atoms with Gasteiger partial charge in [-0.25, -0.2) is 9.24 Å². The molecule has 0 aliphatic heterocycles. The van der Waals surface area contributed by atoms with E-state index in [2.05, 4.69) is 4.85 Å². The molecule has 0 spiro atoms. The van der Waals surface area contributed by atoms with Crippen LogP contribution in [0, 0.1) is 16.0 Å². The molecule has 1 nitrogen and oxygen atoms in total. The Bertz CT molecular complexity index is 332. The second-order valence-electron chi connectivity index (χ2n) is 1.83. The topological polar surface area (TPSA) is 4.36 Å². The van der Waals surface area contributed by atoms with Crippen LogP contribution in [0.5, 0.6) is 0 Å². The van der Waals surface area contributed by atoms with Crippen LogP contribution in [0.3, 0.4) is 0 Å². The number of hydrogen-bond donors (Lipinski definition) is 0. The lowest BCUT2D eigenvalue weighted by Gasteiger charge is -1.96. The molecule has 0 N–H and O–H groups in total. The van der Waals surface area contributed by atoms with Crippen LogP contribution in [0.1, 0.15) is 0 Å². The van der Waals surface area contributed by atoms with Gasteiger partial charge in [0.2, 0.25) is 5.69 Å². The molecule has 0 aliphatic carbocycles. The van der Waals surface area contributed by atoms with Gasteiger partial charge in [0.15, 0.2) is 0 Å². The van der Waals surface area contributed by atoms with E-state index in [1.165, 1.54) is 6.07 Å². The maximum atomic E-state index is 12.7. The molecule has 1 aromatic carbocycles. The van der Waals surface area contributed by atoms with Crippen molar-refractivity contribution in [2.75, 3.05) is 0 Å². The molecule has 0 unspecified atom stereocenters. The van der Waals surface area contributed by atoms with Gasteiger partial charge in [-0.3, -0.25) is 0 Å². The van der Waals surface area contributed by atoms with E-state index in [9.17, 15) is 4.39 Å². The van der Waals surface area contributed by atoms with Crippen molar-refractivity contribution in [2.45, 2.75) is 0 Å². The molecule has 0 bridgehead atoms. The van der Waals surface area contributed by atoms with Crippen molar-refractivity contribution in [1.82, 2.24) is 0 Å². The zero-order valence-electron chi connectivity index (χ0n) is 5.24. The molecule has 1 aromatic rings. The summed E-state index contributed by atoms with van der Waals surface area (Å²) in [5.41, 5.74) is 0.157. The van der Waals surface area contributed by atoms with E-state index in [4.69, 9.17) is 18.2 Å². The van der Waals surface area contributed by atoms with Crippen LogP contribution in [0.4, 0.5) is 10.1 Å². The Balaban J connectivity index is 3.35. The molecule has 0 amide bonds. The molecule has 0 heterocycles. The van der Waals surface area contributed by atoms with E-state index in [0.717, 1.165) is 6.07 Å². The summed E-state index contributed by atoms with van der Waals surface area (Å²) in [4.78, 5) is 3.05. The molecule has 0 saturated heterocycles. The van der Waals surface area contributed by atoms with E-state index in [1.54, 1.807) is 0 Å². The zero-order chi connectivity index (χ0) is 8.43. The molecule has 0 fully saturated rings. The van der Waals surface area contributed by atoms with Crippen LogP contribution < -0.4 is 0 Å². The highest BCUT2D eigenvalue weighted by molar-refractivity contribution is 14.1. The van der Waals surface area contributed by atoms with Gasteiger partial charge < -0.3 is 0 Å². The van der Waals surface area contributed by atoms with Crippen molar-refractivity contribution in [2.24, 2.45) is 0 Å². The predicted molar refractivity (Wildman–Crippen MR) is 50.4 cm³/mol. The smallest absolute Gasteiger partial charge is 0.208 e. The van der Waals surface area contributed by atoms with Crippen LogP contribution in [0.15, 0.2) is 12.1 Å². The SMILES string of the molecule is [C-]#[N+]c1cc(F)c(I)cc1Cl. The van der Waals surface area contributed by atoms with E-state index in [-0.39, 0.29) is 5.69 Å². The standard InChI is InChI=1S/C7H2ClFIN/c1-11-7-3-5(9)6(10)2-4(7)8/h2-3H. The maximum absolute atomic E-state index is 12.7. The van der Waals surface area contributed by atoms with Gasteiger partial charge in [-0.15, -0.1) is 0 Å². The van der Waals surface area contributed by atoms with Crippen molar-refractivity contribution < 1.29 is 4.39 Å². The maximum Gasteiger partial charge on any atom is 0.208 e. The summed E-state index contributed by atoms with van der Waals surface area (Å²) in [7, 11) is 0. The lowest BCUT2D eigenvalue weighted by molar-refractivity contribution is 0.621. The summed E-state index contributed by atoms with van der Waals surface area (Å²) in [5.74, 6) is -0.402. The molecule has 0 atom stereocenters. The number of hydrogen-bond acceptors (Lipinski definition) is 0. The third-order valence-corrected chi connectivity index (χ3v) is 2.24. The third-order valence-electron chi connectivity index (χ3n) is 1.11. The first-order valence-electron chi connectivity index (χ1n) is 2.67. The molecule has 4 heteroatoms. The third kappa shape index (κ3) is 1.82. The molecule has 0 radical (unpaired) electrons. The Morgan fingerprint density at radius 2 is 2.18 bits per heavy atom. The largest absolute Gasteiger partial charge is 0.236 e. The van der Waals surface area contributed by atoms with Crippen LogP contribution in [-0.4, -0.2) is 0 Å². The Hall–Kier alpha value is -0.340. The molecule has 1 rings (SSSR count). The first kappa shape index (κ1) is 8.75. The monoisotopic (exact) mass is 281 g/mol. The van der Waals surface area contributed by atoms with Crippen molar-refractivity contribution in [1.29, 1.82) is 0 Å². The number of benzene rings is 1. The molecule has 56 valence electrons. The van der Waals surface area contributed by atoms with Crippen LogP contribution >= 0.6 is 34.2 Å². The summed E-state index contributed by atoms with van der Waals surface area (Å²) >= 11 is 7.44. The Morgan fingerprint density at radius 3 is 2.73 bits per heavy atom. The molecule has 0 saturated carbocycles. The first-order valence-corrected chi connectivity index (χ1v) is 4.13. The highest BCUT2D eigenvalue weighted by Crippen LogP contribution is 2.28. The minimum atomic E-state index is -0.402. The van der Waals surface area contributed by atoms with Gasteiger partial charge in [-0.2, -0.15) is 0 Å². The van der Waals surface area contributed by atoms with Crippen LogP contribution in [-0.2, 0) is 0 Å². The van der Waals surface area contributed by atoms with Gasteiger partial charge in [0.05, 0.1) is 6.57 Å². The van der Waals surface area contributed by atoms with Crippen LogP contribution in [0.2, 0.25) is 5.02 Å². The van der Waals surface area contributed by atoms with Crippen molar-refractivity contribution in [3.05, 3.63) is 38.0 Å². The van der Waals surface area contributed by atoms with E-state index in [1.807, 2.05) is 22.6 Å².